The Balaban J connectivity index is 1.36. The van der Waals surface area contributed by atoms with Crippen molar-refractivity contribution in [3.05, 3.63) is 78.3 Å². The maximum absolute atomic E-state index is 12.8. The van der Waals surface area contributed by atoms with Gasteiger partial charge in [0.15, 0.2) is 5.76 Å². The number of piperazine rings is 1. The molecule has 1 atom stereocenters. The molecule has 1 amide bonds. The minimum Gasteiger partial charge on any atom is -0.495 e. The highest BCUT2D eigenvalue weighted by atomic mass is 32.2. The van der Waals surface area contributed by atoms with Crippen LogP contribution in [0, 0.1) is 0 Å². The second-order valence-corrected chi connectivity index (χ2v) is 8.47. The number of anilines is 1. The number of para-hydroxylation sites is 2. The number of carbonyl (C=O) groups is 1. The Hall–Kier alpha value is -3.06. The monoisotopic (exact) mass is 424 g/mol. The van der Waals surface area contributed by atoms with Crippen LogP contribution in [0.5, 0.6) is 5.75 Å². The fourth-order valence-corrected chi connectivity index (χ4v) is 4.59. The lowest BCUT2D eigenvalue weighted by Gasteiger charge is -2.36. The zero-order valence-electron chi connectivity index (χ0n) is 16.8. The van der Waals surface area contributed by atoms with E-state index < -0.39 is 10.8 Å². The van der Waals surface area contributed by atoms with Gasteiger partial charge in [-0.05, 0) is 36.4 Å². The number of amides is 1. The standard InChI is InChI=1S/C23H24N2O4S/c1-28-21-10-6-5-9-20(21)24-13-15-25(16-14-24)23(26)22-12-11-18(29-22)17-30(27)19-7-3-2-4-8-19/h2-12H,13-17H2,1H3. The van der Waals surface area contributed by atoms with Crippen molar-refractivity contribution in [2.24, 2.45) is 0 Å². The molecule has 0 N–H and O–H groups in total. The molecule has 6 nitrogen and oxygen atoms in total. The summed E-state index contributed by atoms with van der Waals surface area (Å²) in [5.74, 6) is 1.79. The Bertz CT molecular complexity index is 1030. The van der Waals surface area contributed by atoms with Gasteiger partial charge in [0.1, 0.15) is 11.5 Å². The molecule has 1 unspecified atom stereocenters. The number of carbonyl (C=O) groups excluding carboxylic acids is 1. The van der Waals surface area contributed by atoms with Crippen LogP contribution in [0.15, 0.2) is 76.0 Å². The lowest BCUT2D eigenvalue weighted by Crippen LogP contribution is -2.48. The number of hydrogen-bond donors (Lipinski definition) is 0. The van der Waals surface area contributed by atoms with Gasteiger partial charge in [-0.2, -0.15) is 0 Å². The lowest BCUT2D eigenvalue weighted by molar-refractivity contribution is 0.0713. The van der Waals surface area contributed by atoms with Crippen LogP contribution in [0.25, 0.3) is 0 Å². The molecule has 1 saturated heterocycles. The molecule has 0 saturated carbocycles. The molecule has 1 fully saturated rings. The first-order valence-electron chi connectivity index (χ1n) is 9.85. The molecule has 4 rings (SSSR count). The van der Waals surface area contributed by atoms with Crippen LogP contribution < -0.4 is 9.64 Å². The summed E-state index contributed by atoms with van der Waals surface area (Å²) in [5, 5.41) is 0. The lowest BCUT2D eigenvalue weighted by atomic mass is 10.2. The van der Waals surface area contributed by atoms with Gasteiger partial charge in [0.25, 0.3) is 5.91 Å². The summed E-state index contributed by atoms with van der Waals surface area (Å²) >= 11 is 0. The number of hydrogen-bond acceptors (Lipinski definition) is 5. The highest BCUT2D eigenvalue weighted by Gasteiger charge is 2.25. The van der Waals surface area contributed by atoms with Crippen molar-refractivity contribution in [3.8, 4) is 5.75 Å². The summed E-state index contributed by atoms with van der Waals surface area (Å²) in [6, 6.07) is 20.6. The van der Waals surface area contributed by atoms with Crippen LogP contribution in [0.2, 0.25) is 0 Å². The summed E-state index contributed by atoms with van der Waals surface area (Å²) in [6.45, 7) is 2.64. The SMILES string of the molecule is COc1ccccc1N1CCN(C(=O)c2ccc(CS(=O)c3ccccc3)o2)CC1. The first-order chi connectivity index (χ1) is 14.7. The number of rotatable bonds is 6. The molecule has 0 spiro atoms. The molecule has 1 aliphatic heterocycles. The summed E-state index contributed by atoms with van der Waals surface area (Å²) in [7, 11) is 0.459. The number of furan rings is 1. The molecule has 1 aliphatic rings. The van der Waals surface area contributed by atoms with Crippen molar-refractivity contribution in [2.75, 3.05) is 38.2 Å². The van der Waals surface area contributed by atoms with Gasteiger partial charge in [-0.25, -0.2) is 0 Å². The Morgan fingerprint density at radius 1 is 0.967 bits per heavy atom. The molecule has 2 aromatic carbocycles. The maximum atomic E-state index is 12.8. The fourth-order valence-electron chi connectivity index (χ4n) is 3.55. The molecule has 1 aromatic heterocycles. The fraction of sp³-hybridized carbons (Fsp3) is 0.261. The number of nitrogens with zero attached hydrogens (tertiary/aromatic N) is 2. The number of benzene rings is 2. The van der Waals surface area contributed by atoms with E-state index in [0.717, 1.165) is 29.4 Å². The highest BCUT2D eigenvalue weighted by Crippen LogP contribution is 2.28. The molecule has 0 radical (unpaired) electrons. The number of methoxy groups -OCH3 is 1. The molecule has 2 heterocycles. The molecular weight excluding hydrogens is 400 g/mol. The predicted octanol–water partition coefficient (Wildman–Crippen LogP) is 3.56. The normalized spacial score (nSPS) is 15.1. The molecule has 30 heavy (non-hydrogen) atoms. The summed E-state index contributed by atoms with van der Waals surface area (Å²) in [5.41, 5.74) is 1.04. The van der Waals surface area contributed by atoms with Crippen molar-refractivity contribution in [1.29, 1.82) is 0 Å². The first-order valence-corrected chi connectivity index (χ1v) is 11.2. The van der Waals surface area contributed by atoms with Crippen molar-refractivity contribution < 1.29 is 18.2 Å². The van der Waals surface area contributed by atoms with Crippen molar-refractivity contribution in [1.82, 2.24) is 4.90 Å². The van der Waals surface area contributed by atoms with E-state index in [0.29, 0.717) is 24.6 Å². The molecule has 7 heteroatoms. The van der Waals surface area contributed by atoms with E-state index in [1.807, 2.05) is 54.6 Å². The quantitative estimate of drug-likeness (QED) is 0.606. The zero-order valence-corrected chi connectivity index (χ0v) is 17.6. The molecule has 0 bridgehead atoms. The van der Waals surface area contributed by atoms with Crippen LogP contribution in [-0.2, 0) is 16.6 Å². The molecular formula is C23H24N2O4S. The third kappa shape index (κ3) is 4.41. The first kappa shape index (κ1) is 20.2. The molecule has 156 valence electrons. The van der Waals surface area contributed by atoms with Gasteiger partial charge < -0.3 is 19.0 Å². The number of ether oxygens (including phenoxy) is 1. The van der Waals surface area contributed by atoms with E-state index in [-0.39, 0.29) is 11.7 Å². The molecule has 0 aliphatic carbocycles. The smallest absolute Gasteiger partial charge is 0.289 e. The van der Waals surface area contributed by atoms with E-state index in [4.69, 9.17) is 9.15 Å². The summed E-state index contributed by atoms with van der Waals surface area (Å²) in [4.78, 5) is 17.6. The van der Waals surface area contributed by atoms with E-state index in [9.17, 15) is 9.00 Å². The maximum Gasteiger partial charge on any atom is 0.289 e. The van der Waals surface area contributed by atoms with Crippen LogP contribution in [-0.4, -0.2) is 48.3 Å². The Morgan fingerprint density at radius 3 is 2.40 bits per heavy atom. The largest absolute Gasteiger partial charge is 0.495 e. The van der Waals surface area contributed by atoms with E-state index in [2.05, 4.69) is 4.90 Å². The van der Waals surface area contributed by atoms with Crippen LogP contribution >= 0.6 is 0 Å². The summed E-state index contributed by atoms with van der Waals surface area (Å²) < 4.78 is 23.6. The van der Waals surface area contributed by atoms with Crippen LogP contribution in [0.3, 0.4) is 0 Å². The minimum absolute atomic E-state index is 0.133. The third-order valence-electron chi connectivity index (χ3n) is 5.14. The van der Waals surface area contributed by atoms with Crippen molar-refractivity contribution in [2.45, 2.75) is 10.6 Å². The second-order valence-electron chi connectivity index (χ2n) is 7.02. The van der Waals surface area contributed by atoms with Gasteiger partial charge in [-0.3, -0.25) is 9.00 Å². The van der Waals surface area contributed by atoms with Gasteiger partial charge in [-0.1, -0.05) is 30.3 Å². The summed E-state index contributed by atoms with van der Waals surface area (Å²) in [6.07, 6.45) is 0. The Morgan fingerprint density at radius 2 is 1.67 bits per heavy atom. The van der Waals surface area contributed by atoms with Gasteiger partial charge in [-0.15, -0.1) is 0 Å². The molecule has 3 aromatic rings. The van der Waals surface area contributed by atoms with Gasteiger partial charge in [0.2, 0.25) is 0 Å². The van der Waals surface area contributed by atoms with Gasteiger partial charge >= 0.3 is 0 Å². The van der Waals surface area contributed by atoms with Crippen molar-refractivity contribution in [3.63, 3.8) is 0 Å². The Labute approximate surface area is 178 Å². The van der Waals surface area contributed by atoms with E-state index >= 15 is 0 Å². The van der Waals surface area contributed by atoms with Gasteiger partial charge in [0.05, 0.1) is 29.3 Å². The minimum atomic E-state index is -1.21. The average molecular weight is 425 g/mol. The highest BCUT2D eigenvalue weighted by molar-refractivity contribution is 7.84. The van der Waals surface area contributed by atoms with E-state index in [1.54, 1.807) is 24.1 Å². The van der Waals surface area contributed by atoms with Crippen molar-refractivity contribution >= 4 is 22.4 Å². The van der Waals surface area contributed by atoms with E-state index in [1.165, 1.54) is 0 Å². The Kier molecular flexibility index (Phi) is 6.18. The predicted molar refractivity (Wildman–Crippen MR) is 116 cm³/mol. The topological polar surface area (TPSA) is 63.0 Å². The van der Waals surface area contributed by atoms with Crippen LogP contribution in [0.4, 0.5) is 5.69 Å². The third-order valence-corrected chi connectivity index (χ3v) is 6.49. The average Bonchev–Trinajstić information content (AvgIpc) is 3.27. The zero-order chi connectivity index (χ0) is 20.9. The van der Waals surface area contributed by atoms with Gasteiger partial charge in [0, 0.05) is 31.1 Å². The second kappa shape index (κ2) is 9.17. The van der Waals surface area contributed by atoms with Crippen LogP contribution in [0.1, 0.15) is 16.3 Å².